The van der Waals surface area contributed by atoms with Crippen molar-refractivity contribution in [2.45, 2.75) is 19.4 Å². The van der Waals surface area contributed by atoms with Crippen molar-refractivity contribution in [3.8, 4) is 5.75 Å². The highest BCUT2D eigenvalue weighted by Gasteiger charge is 2.16. The number of nitrogens with zero attached hydrogens (tertiary/aromatic N) is 1. The fourth-order valence-corrected chi connectivity index (χ4v) is 2.68. The number of hydrogen-bond donors (Lipinski definition) is 2. The van der Waals surface area contributed by atoms with Gasteiger partial charge in [0.15, 0.2) is 0 Å². The second-order valence-electron chi connectivity index (χ2n) is 5.08. The monoisotopic (exact) mass is 254 g/mol. The van der Waals surface area contributed by atoms with Crippen LogP contribution in [0, 0.1) is 0 Å². The van der Waals surface area contributed by atoms with Gasteiger partial charge in [-0.25, -0.2) is 0 Å². The Bertz CT molecular complexity index is 578. The molecule has 3 heteroatoms. The zero-order chi connectivity index (χ0) is 13.2. The van der Waals surface area contributed by atoms with Crippen LogP contribution in [0.5, 0.6) is 5.75 Å². The summed E-state index contributed by atoms with van der Waals surface area (Å²) in [4.78, 5) is 2.38. The molecule has 2 aromatic carbocycles. The lowest BCUT2D eigenvalue weighted by atomic mass is 10.0. The first kappa shape index (κ1) is 11.9. The van der Waals surface area contributed by atoms with E-state index in [4.69, 9.17) is 5.73 Å². The van der Waals surface area contributed by atoms with Crippen molar-refractivity contribution in [1.29, 1.82) is 0 Å². The van der Waals surface area contributed by atoms with Crippen molar-refractivity contribution in [3.05, 3.63) is 53.6 Å². The molecule has 1 aliphatic rings. The first-order valence-electron chi connectivity index (χ1n) is 6.63. The molecule has 0 unspecified atom stereocenters. The number of anilines is 2. The summed E-state index contributed by atoms with van der Waals surface area (Å²) in [6.07, 6.45) is 2.26. The van der Waals surface area contributed by atoms with Crippen molar-refractivity contribution >= 4 is 11.4 Å². The van der Waals surface area contributed by atoms with Gasteiger partial charge < -0.3 is 15.7 Å². The summed E-state index contributed by atoms with van der Waals surface area (Å²) in [6.45, 7) is 1.94. The van der Waals surface area contributed by atoms with Crippen molar-refractivity contribution in [2.24, 2.45) is 0 Å². The molecule has 3 rings (SSSR count). The number of nitrogen functional groups attached to an aromatic ring is 1. The van der Waals surface area contributed by atoms with Crippen LogP contribution >= 0.6 is 0 Å². The number of benzene rings is 2. The van der Waals surface area contributed by atoms with Crippen LogP contribution in [-0.2, 0) is 13.0 Å². The van der Waals surface area contributed by atoms with E-state index in [1.165, 1.54) is 16.8 Å². The Kier molecular flexibility index (Phi) is 3.03. The minimum absolute atomic E-state index is 0.315. The average Bonchev–Trinajstić information content (AvgIpc) is 2.41. The predicted molar refractivity (Wildman–Crippen MR) is 78.3 cm³/mol. The third-order valence-corrected chi connectivity index (χ3v) is 3.63. The van der Waals surface area contributed by atoms with Crippen LogP contribution in [-0.4, -0.2) is 11.7 Å². The van der Waals surface area contributed by atoms with Gasteiger partial charge in [0.25, 0.3) is 0 Å². The topological polar surface area (TPSA) is 49.5 Å². The maximum Gasteiger partial charge on any atom is 0.115 e. The van der Waals surface area contributed by atoms with Crippen LogP contribution in [0.25, 0.3) is 0 Å². The highest BCUT2D eigenvalue weighted by molar-refractivity contribution is 5.61. The maximum atomic E-state index is 9.32. The lowest BCUT2D eigenvalue weighted by Crippen LogP contribution is -2.28. The molecule has 0 amide bonds. The minimum atomic E-state index is 0.315. The van der Waals surface area contributed by atoms with E-state index in [1.807, 2.05) is 18.2 Å². The number of aromatic hydroxyl groups is 1. The molecule has 0 aliphatic carbocycles. The Morgan fingerprint density at radius 3 is 2.68 bits per heavy atom. The van der Waals surface area contributed by atoms with Gasteiger partial charge >= 0.3 is 0 Å². The van der Waals surface area contributed by atoms with Gasteiger partial charge in [-0.1, -0.05) is 12.1 Å². The maximum absolute atomic E-state index is 9.32. The molecule has 0 radical (unpaired) electrons. The van der Waals surface area contributed by atoms with Crippen LogP contribution < -0.4 is 10.6 Å². The minimum Gasteiger partial charge on any atom is -0.508 e. The Hall–Kier alpha value is -2.16. The molecule has 0 spiro atoms. The molecule has 3 N–H and O–H groups in total. The summed E-state index contributed by atoms with van der Waals surface area (Å²) in [7, 11) is 0. The lowest BCUT2D eigenvalue weighted by Gasteiger charge is -2.31. The second kappa shape index (κ2) is 4.84. The van der Waals surface area contributed by atoms with Gasteiger partial charge in [0.1, 0.15) is 5.75 Å². The molecule has 2 aromatic rings. The summed E-state index contributed by atoms with van der Waals surface area (Å²) in [5, 5.41) is 9.32. The first-order valence-corrected chi connectivity index (χ1v) is 6.63. The predicted octanol–water partition coefficient (Wildman–Crippen LogP) is 2.93. The number of aryl methyl sites for hydroxylation is 1. The van der Waals surface area contributed by atoms with E-state index >= 15 is 0 Å². The third kappa shape index (κ3) is 2.50. The molecule has 19 heavy (non-hydrogen) atoms. The fraction of sp³-hybridized carbons (Fsp3) is 0.250. The zero-order valence-corrected chi connectivity index (χ0v) is 10.8. The van der Waals surface area contributed by atoms with Gasteiger partial charge in [0, 0.05) is 24.5 Å². The van der Waals surface area contributed by atoms with Crippen LogP contribution in [0.1, 0.15) is 17.5 Å². The smallest absolute Gasteiger partial charge is 0.115 e. The van der Waals surface area contributed by atoms with Gasteiger partial charge in [-0.05, 0) is 54.3 Å². The van der Waals surface area contributed by atoms with Gasteiger partial charge in [0.2, 0.25) is 0 Å². The average molecular weight is 254 g/mol. The van der Waals surface area contributed by atoms with E-state index in [1.54, 1.807) is 12.1 Å². The SMILES string of the molecule is Nc1ccc2c(c1)CCCN2Cc1ccc(O)cc1. The number of hydrogen-bond acceptors (Lipinski definition) is 3. The molecule has 0 saturated carbocycles. The Labute approximate surface area is 113 Å². The van der Waals surface area contributed by atoms with Gasteiger partial charge in [-0.3, -0.25) is 0 Å². The summed E-state index contributed by atoms with van der Waals surface area (Å²) in [6, 6.07) is 13.6. The molecule has 98 valence electrons. The van der Waals surface area contributed by atoms with Crippen LogP contribution in [0.15, 0.2) is 42.5 Å². The molecule has 3 nitrogen and oxygen atoms in total. The Balaban J connectivity index is 1.85. The third-order valence-electron chi connectivity index (χ3n) is 3.63. The zero-order valence-electron chi connectivity index (χ0n) is 10.8. The van der Waals surface area contributed by atoms with E-state index in [9.17, 15) is 5.11 Å². The molecular weight excluding hydrogens is 236 g/mol. The van der Waals surface area contributed by atoms with Crippen molar-refractivity contribution in [1.82, 2.24) is 0 Å². The summed E-state index contributed by atoms with van der Waals surface area (Å²) in [5.74, 6) is 0.315. The number of phenolic OH excluding ortho intramolecular Hbond substituents is 1. The number of phenols is 1. The Morgan fingerprint density at radius 1 is 1.11 bits per heavy atom. The largest absolute Gasteiger partial charge is 0.508 e. The van der Waals surface area contributed by atoms with Gasteiger partial charge in [-0.2, -0.15) is 0 Å². The molecular formula is C16H18N2O. The van der Waals surface area contributed by atoms with Crippen molar-refractivity contribution in [2.75, 3.05) is 17.2 Å². The molecule has 0 atom stereocenters. The quantitative estimate of drug-likeness (QED) is 0.810. The molecule has 0 aromatic heterocycles. The van der Waals surface area contributed by atoms with E-state index in [0.717, 1.165) is 31.6 Å². The fourth-order valence-electron chi connectivity index (χ4n) is 2.68. The molecule has 0 fully saturated rings. The van der Waals surface area contributed by atoms with Crippen LogP contribution in [0.4, 0.5) is 11.4 Å². The van der Waals surface area contributed by atoms with Crippen molar-refractivity contribution < 1.29 is 5.11 Å². The molecule has 1 heterocycles. The molecule has 1 aliphatic heterocycles. The first-order chi connectivity index (χ1) is 9.22. The van der Waals surface area contributed by atoms with E-state index in [-0.39, 0.29) is 0 Å². The Morgan fingerprint density at radius 2 is 1.89 bits per heavy atom. The lowest BCUT2D eigenvalue weighted by molar-refractivity contribution is 0.475. The van der Waals surface area contributed by atoms with Gasteiger partial charge in [0.05, 0.1) is 0 Å². The van der Waals surface area contributed by atoms with Crippen molar-refractivity contribution in [3.63, 3.8) is 0 Å². The summed E-state index contributed by atoms with van der Waals surface area (Å²) < 4.78 is 0. The second-order valence-corrected chi connectivity index (χ2v) is 5.08. The standard InChI is InChI=1S/C16H18N2O/c17-14-5-8-16-13(10-14)2-1-9-18(16)11-12-3-6-15(19)7-4-12/h3-8,10,19H,1-2,9,11,17H2. The van der Waals surface area contributed by atoms with Gasteiger partial charge in [-0.15, -0.1) is 0 Å². The molecule has 0 bridgehead atoms. The van der Waals surface area contributed by atoms with E-state index in [2.05, 4.69) is 17.0 Å². The van der Waals surface area contributed by atoms with Crippen LogP contribution in [0.3, 0.4) is 0 Å². The number of fused-ring (bicyclic) bond motifs is 1. The summed E-state index contributed by atoms with van der Waals surface area (Å²) in [5.41, 5.74) is 10.5. The van der Waals surface area contributed by atoms with E-state index < -0.39 is 0 Å². The highest BCUT2D eigenvalue weighted by Crippen LogP contribution is 2.30. The highest BCUT2D eigenvalue weighted by atomic mass is 16.3. The van der Waals surface area contributed by atoms with E-state index in [0.29, 0.717) is 5.75 Å². The molecule has 0 saturated heterocycles. The number of rotatable bonds is 2. The number of nitrogens with two attached hydrogens (primary N) is 1. The van der Waals surface area contributed by atoms with Crippen LogP contribution in [0.2, 0.25) is 0 Å². The summed E-state index contributed by atoms with van der Waals surface area (Å²) >= 11 is 0. The normalized spacial score (nSPS) is 14.2.